The molecule has 0 fully saturated rings. The molecule has 0 saturated heterocycles. The highest BCUT2D eigenvalue weighted by molar-refractivity contribution is 5.81. The number of phenolic OH excluding ortho intramolecular Hbond substituents is 1. The van der Waals surface area contributed by atoms with Gasteiger partial charge in [-0.3, -0.25) is 10.1 Å². The first-order valence-corrected chi connectivity index (χ1v) is 6.24. The molecule has 3 rings (SSSR count). The lowest BCUT2D eigenvalue weighted by Crippen LogP contribution is -1.86. The van der Waals surface area contributed by atoms with Crippen LogP contribution in [0.1, 0.15) is 11.4 Å². The van der Waals surface area contributed by atoms with Crippen LogP contribution in [0.15, 0.2) is 42.5 Å². The number of rotatable bonds is 3. The van der Waals surface area contributed by atoms with Crippen molar-refractivity contribution in [1.29, 1.82) is 0 Å². The number of hydrogen-bond acceptors (Lipinski definition) is 4. The third-order valence-electron chi connectivity index (χ3n) is 3.05. The van der Waals surface area contributed by atoms with Gasteiger partial charge in [0.15, 0.2) is 0 Å². The number of aromatic hydroxyl groups is 1. The van der Waals surface area contributed by atoms with Crippen LogP contribution in [-0.4, -0.2) is 20.0 Å². The lowest BCUT2D eigenvalue weighted by Gasteiger charge is -1.95. The highest BCUT2D eigenvalue weighted by atomic mass is 16.6. The highest BCUT2D eigenvalue weighted by Gasteiger charge is 2.08. The number of nitrogens with zero attached hydrogens (tertiary/aromatic N) is 2. The fourth-order valence-corrected chi connectivity index (χ4v) is 2.01. The molecule has 0 atom stereocenters. The van der Waals surface area contributed by atoms with E-state index in [0.29, 0.717) is 22.4 Å². The molecule has 0 aliphatic rings. The molecule has 1 aromatic heterocycles. The van der Waals surface area contributed by atoms with Gasteiger partial charge in [-0.25, -0.2) is 4.98 Å². The largest absolute Gasteiger partial charge is 0.507 e. The van der Waals surface area contributed by atoms with Gasteiger partial charge in [0, 0.05) is 17.7 Å². The van der Waals surface area contributed by atoms with Gasteiger partial charge in [0.2, 0.25) is 0 Å². The zero-order valence-electron chi connectivity index (χ0n) is 10.9. The number of aromatic nitrogens is 2. The van der Waals surface area contributed by atoms with E-state index >= 15 is 0 Å². The fourth-order valence-electron chi connectivity index (χ4n) is 2.01. The summed E-state index contributed by atoms with van der Waals surface area (Å²) in [6.45, 7) is 0. The first-order valence-electron chi connectivity index (χ1n) is 6.24. The summed E-state index contributed by atoms with van der Waals surface area (Å²) in [5.41, 5.74) is 1.94. The fraction of sp³-hybridized carbons (Fsp3) is 0. The molecular formula is C15H11N3O3. The van der Waals surface area contributed by atoms with Crippen molar-refractivity contribution in [2.45, 2.75) is 0 Å². The minimum absolute atomic E-state index is 0.0161. The summed E-state index contributed by atoms with van der Waals surface area (Å²) in [6, 6.07) is 11.4. The molecule has 1 heterocycles. The van der Waals surface area contributed by atoms with Crippen LogP contribution in [0.5, 0.6) is 5.75 Å². The first-order chi connectivity index (χ1) is 10.1. The summed E-state index contributed by atoms with van der Waals surface area (Å²) in [7, 11) is 0. The Balaban J connectivity index is 1.95. The summed E-state index contributed by atoms with van der Waals surface area (Å²) in [6.07, 6.45) is 3.43. The Morgan fingerprint density at radius 1 is 1.19 bits per heavy atom. The van der Waals surface area contributed by atoms with Crippen molar-refractivity contribution in [1.82, 2.24) is 9.97 Å². The highest BCUT2D eigenvalue weighted by Crippen LogP contribution is 2.21. The normalized spacial score (nSPS) is 11.2. The van der Waals surface area contributed by atoms with Gasteiger partial charge >= 0.3 is 0 Å². The topological polar surface area (TPSA) is 92.1 Å². The monoisotopic (exact) mass is 281 g/mol. The number of imidazole rings is 1. The molecule has 0 radical (unpaired) electrons. The van der Waals surface area contributed by atoms with E-state index in [2.05, 4.69) is 9.97 Å². The lowest BCUT2D eigenvalue weighted by atomic mass is 10.2. The van der Waals surface area contributed by atoms with Gasteiger partial charge in [-0.1, -0.05) is 18.2 Å². The SMILES string of the molecule is O=[N+]([O-])c1ccc2nc(C=Cc3ccccc3O)[nH]c2c1. The van der Waals surface area contributed by atoms with Crippen LogP contribution in [-0.2, 0) is 0 Å². The van der Waals surface area contributed by atoms with Gasteiger partial charge in [-0.15, -0.1) is 0 Å². The van der Waals surface area contributed by atoms with Gasteiger partial charge in [-0.05, 0) is 24.3 Å². The van der Waals surface area contributed by atoms with E-state index in [1.54, 1.807) is 36.4 Å². The Bertz CT molecular complexity index is 852. The molecule has 6 heteroatoms. The molecule has 2 N–H and O–H groups in total. The second-order valence-corrected chi connectivity index (χ2v) is 4.47. The maximum Gasteiger partial charge on any atom is 0.271 e. The van der Waals surface area contributed by atoms with Crippen LogP contribution in [0, 0.1) is 10.1 Å². The van der Waals surface area contributed by atoms with Crippen molar-refractivity contribution < 1.29 is 10.0 Å². The Morgan fingerprint density at radius 3 is 2.76 bits per heavy atom. The number of nitro groups is 1. The third-order valence-corrected chi connectivity index (χ3v) is 3.05. The number of para-hydroxylation sites is 1. The van der Waals surface area contributed by atoms with E-state index in [1.165, 1.54) is 12.1 Å². The van der Waals surface area contributed by atoms with E-state index in [0.717, 1.165) is 0 Å². The van der Waals surface area contributed by atoms with Gasteiger partial charge < -0.3 is 10.1 Å². The molecule has 0 aliphatic carbocycles. The molecule has 2 aromatic carbocycles. The van der Waals surface area contributed by atoms with Gasteiger partial charge in [0.05, 0.1) is 16.0 Å². The van der Waals surface area contributed by atoms with Crippen molar-refractivity contribution >= 4 is 28.9 Å². The van der Waals surface area contributed by atoms with Crippen molar-refractivity contribution in [3.63, 3.8) is 0 Å². The molecule has 0 saturated carbocycles. The van der Waals surface area contributed by atoms with Gasteiger partial charge in [0.25, 0.3) is 5.69 Å². The van der Waals surface area contributed by atoms with Crippen LogP contribution >= 0.6 is 0 Å². The molecule has 3 aromatic rings. The smallest absolute Gasteiger partial charge is 0.271 e. The Labute approximate surface area is 119 Å². The number of non-ortho nitro benzene ring substituents is 1. The number of H-pyrrole nitrogens is 1. The summed E-state index contributed by atoms with van der Waals surface area (Å²) < 4.78 is 0. The zero-order valence-corrected chi connectivity index (χ0v) is 10.9. The van der Waals surface area contributed by atoms with Gasteiger partial charge in [-0.2, -0.15) is 0 Å². The van der Waals surface area contributed by atoms with E-state index in [-0.39, 0.29) is 11.4 Å². The molecule has 0 amide bonds. The zero-order chi connectivity index (χ0) is 14.8. The van der Waals surface area contributed by atoms with E-state index in [1.807, 2.05) is 6.07 Å². The van der Waals surface area contributed by atoms with Crippen molar-refractivity contribution in [2.75, 3.05) is 0 Å². The van der Waals surface area contributed by atoms with Crippen molar-refractivity contribution in [3.8, 4) is 5.75 Å². The summed E-state index contributed by atoms with van der Waals surface area (Å²) in [5, 5.41) is 20.4. The molecule has 104 valence electrons. The average Bonchev–Trinajstić information content (AvgIpc) is 2.88. The molecule has 0 spiro atoms. The van der Waals surface area contributed by atoms with Crippen LogP contribution in [0.4, 0.5) is 5.69 Å². The predicted molar refractivity (Wildman–Crippen MR) is 79.8 cm³/mol. The first kappa shape index (κ1) is 12.9. The lowest BCUT2D eigenvalue weighted by molar-refractivity contribution is -0.384. The maximum atomic E-state index is 10.7. The summed E-state index contributed by atoms with van der Waals surface area (Å²) in [5.74, 6) is 0.745. The van der Waals surface area contributed by atoms with Crippen LogP contribution in [0.25, 0.3) is 23.2 Å². The second kappa shape index (κ2) is 5.09. The second-order valence-electron chi connectivity index (χ2n) is 4.47. The summed E-state index contributed by atoms with van der Waals surface area (Å²) >= 11 is 0. The minimum Gasteiger partial charge on any atom is -0.507 e. The molecular weight excluding hydrogens is 270 g/mol. The van der Waals surface area contributed by atoms with Crippen LogP contribution in [0.3, 0.4) is 0 Å². The number of phenols is 1. The van der Waals surface area contributed by atoms with Crippen molar-refractivity contribution in [2.24, 2.45) is 0 Å². The molecule has 0 aliphatic heterocycles. The quantitative estimate of drug-likeness (QED) is 0.568. The molecule has 0 unspecified atom stereocenters. The van der Waals surface area contributed by atoms with E-state index in [9.17, 15) is 15.2 Å². The van der Waals surface area contributed by atoms with Gasteiger partial charge in [0.1, 0.15) is 11.6 Å². The Kier molecular flexibility index (Phi) is 3.12. The van der Waals surface area contributed by atoms with Crippen LogP contribution in [0.2, 0.25) is 0 Å². The Hall–Kier alpha value is -3.15. The maximum absolute atomic E-state index is 10.7. The molecule has 21 heavy (non-hydrogen) atoms. The van der Waals surface area contributed by atoms with E-state index in [4.69, 9.17) is 0 Å². The number of nitro benzene ring substituents is 1. The Morgan fingerprint density at radius 2 is 2.00 bits per heavy atom. The van der Waals surface area contributed by atoms with Crippen LogP contribution < -0.4 is 0 Å². The van der Waals surface area contributed by atoms with E-state index < -0.39 is 4.92 Å². The molecule has 0 bridgehead atoms. The minimum atomic E-state index is -0.447. The number of benzene rings is 2. The average molecular weight is 281 g/mol. The number of fused-ring (bicyclic) bond motifs is 1. The van der Waals surface area contributed by atoms with Crippen molar-refractivity contribution in [3.05, 3.63) is 64.0 Å². The standard InChI is InChI=1S/C15H11N3O3/c19-14-4-2-1-3-10(14)5-8-15-16-12-7-6-11(18(20)21)9-13(12)17-15/h1-9,19H,(H,16,17). The number of hydrogen-bond donors (Lipinski definition) is 2. The summed E-state index contributed by atoms with van der Waals surface area (Å²) in [4.78, 5) is 17.6. The number of nitrogens with one attached hydrogen (secondary N) is 1. The number of aromatic amines is 1. The third kappa shape index (κ3) is 2.59. The molecule has 6 nitrogen and oxygen atoms in total. The predicted octanol–water partition coefficient (Wildman–Crippen LogP) is 3.35.